The lowest BCUT2D eigenvalue weighted by Gasteiger charge is -2.08. The molecule has 0 fully saturated rings. The van der Waals surface area contributed by atoms with Crippen molar-refractivity contribution in [3.05, 3.63) is 29.1 Å². The summed E-state index contributed by atoms with van der Waals surface area (Å²) >= 11 is 0. The van der Waals surface area contributed by atoms with E-state index >= 15 is 0 Å². The fraction of sp³-hybridized carbons (Fsp3) is 0.429. The first-order valence-electron chi connectivity index (χ1n) is 6.84. The maximum absolute atomic E-state index is 13.3. The van der Waals surface area contributed by atoms with Gasteiger partial charge in [-0.05, 0) is 12.8 Å². The first-order chi connectivity index (χ1) is 11.3. The molecule has 0 radical (unpaired) electrons. The van der Waals surface area contributed by atoms with Crippen LogP contribution in [-0.2, 0) is 9.59 Å². The lowest BCUT2D eigenvalue weighted by molar-refractivity contribution is -0.135. The molecule has 0 aliphatic carbocycles. The molecule has 0 unspecified atom stereocenters. The molecule has 1 aromatic carbocycles. The monoisotopic (exact) mass is 357 g/mol. The molecule has 0 bridgehead atoms. The second kappa shape index (κ2) is 9.14. The van der Waals surface area contributed by atoms with Crippen molar-refractivity contribution in [3.63, 3.8) is 0 Å². The van der Waals surface area contributed by atoms with Crippen LogP contribution in [0.25, 0.3) is 0 Å². The van der Waals surface area contributed by atoms with Gasteiger partial charge in [0, 0.05) is 13.0 Å². The Labute approximate surface area is 132 Å². The average Bonchev–Trinajstić information content (AvgIpc) is 2.57. The molecule has 0 saturated carbocycles. The van der Waals surface area contributed by atoms with Crippen LogP contribution in [0.1, 0.15) is 25.7 Å². The minimum absolute atomic E-state index is 0.176. The van der Waals surface area contributed by atoms with E-state index in [1.54, 1.807) is 0 Å². The van der Waals surface area contributed by atoms with E-state index in [0.29, 0.717) is 12.8 Å². The van der Waals surface area contributed by atoms with Gasteiger partial charge in [-0.25, -0.2) is 17.6 Å². The third kappa shape index (κ3) is 5.14. The summed E-state index contributed by atoms with van der Waals surface area (Å²) in [4.78, 5) is 22.0. The number of amides is 1. The van der Waals surface area contributed by atoms with E-state index < -0.39 is 53.4 Å². The molecule has 0 atom stereocenters. The smallest absolute Gasteiger partial charge is 0.311 e. The predicted molar refractivity (Wildman–Crippen MR) is 69.3 cm³/mol. The highest BCUT2D eigenvalue weighted by Crippen LogP contribution is 2.29. The molecule has 4 nitrogen and oxygen atoms in total. The molecule has 1 rings (SSSR count). The van der Waals surface area contributed by atoms with Crippen LogP contribution in [0.15, 0.2) is 0 Å². The number of rotatable bonds is 8. The van der Waals surface area contributed by atoms with Gasteiger partial charge in [0.2, 0.25) is 34.8 Å². The molecule has 0 saturated heterocycles. The van der Waals surface area contributed by atoms with Crippen LogP contribution in [0, 0.1) is 29.1 Å². The van der Waals surface area contributed by atoms with Crippen molar-refractivity contribution in [1.82, 2.24) is 5.32 Å². The van der Waals surface area contributed by atoms with Gasteiger partial charge in [-0.2, -0.15) is 8.78 Å². The largest absolute Gasteiger partial charge is 0.420 e. The Hall–Kier alpha value is -2.26. The number of benzene rings is 1. The highest BCUT2D eigenvalue weighted by molar-refractivity contribution is 5.76. The van der Waals surface area contributed by atoms with Gasteiger partial charge in [0.15, 0.2) is 6.67 Å². The molecule has 0 aromatic heterocycles. The summed E-state index contributed by atoms with van der Waals surface area (Å²) < 4.78 is 81.3. The summed E-state index contributed by atoms with van der Waals surface area (Å²) in [6.45, 7) is -0.969. The Morgan fingerprint density at radius 1 is 0.833 bits per heavy atom. The Morgan fingerprint density at radius 3 is 1.92 bits per heavy atom. The van der Waals surface area contributed by atoms with E-state index in [0.717, 1.165) is 0 Å². The molecule has 134 valence electrons. The van der Waals surface area contributed by atoms with Gasteiger partial charge in [-0.1, -0.05) is 6.42 Å². The Morgan fingerprint density at radius 2 is 1.38 bits per heavy atom. The van der Waals surface area contributed by atoms with Crippen molar-refractivity contribution in [2.24, 2.45) is 0 Å². The lowest BCUT2D eigenvalue weighted by atomic mass is 10.2. The van der Waals surface area contributed by atoms with Crippen molar-refractivity contribution in [2.45, 2.75) is 25.7 Å². The van der Waals surface area contributed by atoms with Crippen LogP contribution in [-0.4, -0.2) is 25.1 Å². The molecule has 1 aromatic rings. The van der Waals surface area contributed by atoms with Gasteiger partial charge >= 0.3 is 5.97 Å². The quantitative estimate of drug-likeness (QED) is 0.194. The van der Waals surface area contributed by atoms with Crippen molar-refractivity contribution in [1.29, 1.82) is 0 Å². The average molecular weight is 357 g/mol. The summed E-state index contributed by atoms with van der Waals surface area (Å²) in [6.07, 6.45) is 0.636. The number of halogens is 6. The normalized spacial score (nSPS) is 10.6. The number of ether oxygens (including phenoxy) is 1. The maximum atomic E-state index is 13.3. The van der Waals surface area contributed by atoms with Crippen LogP contribution in [0.3, 0.4) is 0 Å². The standard InChI is InChI=1S/C14H13F6NO3/c15-6-7(22)21-5-3-1-2-4-8(23)24-14-12(19)10(17)9(16)11(18)13(14)20/h1-6H2,(H,21,22). The molecular formula is C14H13F6NO3. The Bertz CT molecular complexity index is 594. The van der Waals surface area contributed by atoms with E-state index in [-0.39, 0.29) is 19.4 Å². The molecule has 0 aliphatic heterocycles. The molecule has 0 spiro atoms. The zero-order chi connectivity index (χ0) is 18.3. The number of hydrogen-bond acceptors (Lipinski definition) is 3. The number of unbranched alkanes of at least 4 members (excludes halogenated alkanes) is 2. The predicted octanol–water partition coefficient (Wildman–Crippen LogP) is 2.93. The molecule has 0 heterocycles. The minimum atomic E-state index is -2.35. The molecule has 10 heteroatoms. The van der Waals surface area contributed by atoms with E-state index in [1.165, 1.54) is 0 Å². The summed E-state index contributed by atoms with van der Waals surface area (Å²) in [5.41, 5.74) is 0. The van der Waals surface area contributed by atoms with Crippen molar-refractivity contribution < 1.29 is 40.7 Å². The van der Waals surface area contributed by atoms with Crippen LogP contribution in [0.2, 0.25) is 0 Å². The zero-order valence-electron chi connectivity index (χ0n) is 12.2. The van der Waals surface area contributed by atoms with Gasteiger partial charge < -0.3 is 10.1 Å². The second-order valence-electron chi connectivity index (χ2n) is 4.67. The highest BCUT2D eigenvalue weighted by Gasteiger charge is 2.28. The third-order valence-corrected chi connectivity index (χ3v) is 2.89. The van der Waals surface area contributed by atoms with Crippen LogP contribution in [0.4, 0.5) is 26.3 Å². The number of alkyl halides is 1. The van der Waals surface area contributed by atoms with Gasteiger partial charge in [0.25, 0.3) is 5.91 Å². The van der Waals surface area contributed by atoms with E-state index in [1.807, 2.05) is 0 Å². The lowest BCUT2D eigenvalue weighted by Crippen LogP contribution is -2.25. The van der Waals surface area contributed by atoms with Gasteiger partial charge in [0.1, 0.15) is 0 Å². The summed E-state index contributed by atoms with van der Waals surface area (Å²) in [5.74, 6) is -14.8. The van der Waals surface area contributed by atoms with Gasteiger partial charge in [-0.3, -0.25) is 9.59 Å². The van der Waals surface area contributed by atoms with Crippen LogP contribution >= 0.6 is 0 Å². The zero-order valence-corrected chi connectivity index (χ0v) is 12.2. The third-order valence-electron chi connectivity index (χ3n) is 2.89. The first kappa shape index (κ1) is 19.8. The van der Waals surface area contributed by atoms with Crippen molar-refractivity contribution in [2.75, 3.05) is 13.2 Å². The van der Waals surface area contributed by atoms with Crippen LogP contribution in [0.5, 0.6) is 5.75 Å². The maximum Gasteiger partial charge on any atom is 0.311 e. The number of carbonyl (C=O) groups is 2. The Kier molecular flexibility index (Phi) is 7.53. The molecule has 1 amide bonds. The minimum Gasteiger partial charge on any atom is -0.420 e. The summed E-state index contributed by atoms with van der Waals surface area (Å²) in [5, 5.41) is 2.24. The Balaban J connectivity index is 2.48. The number of carbonyl (C=O) groups excluding carboxylic acids is 2. The fourth-order valence-corrected chi connectivity index (χ4v) is 1.69. The van der Waals surface area contributed by atoms with E-state index in [9.17, 15) is 35.9 Å². The molecule has 24 heavy (non-hydrogen) atoms. The van der Waals surface area contributed by atoms with E-state index in [4.69, 9.17) is 0 Å². The molecule has 1 N–H and O–H groups in total. The fourth-order valence-electron chi connectivity index (χ4n) is 1.69. The molecular weight excluding hydrogens is 344 g/mol. The summed E-state index contributed by atoms with van der Waals surface area (Å²) in [7, 11) is 0. The van der Waals surface area contributed by atoms with Gasteiger partial charge in [-0.15, -0.1) is 0 Å². The second-order valence-corrected chi connectivity index (χ2v) is 4.67. The first-order valence-corrected chi connectivity index (χ1v) is 6.84. The number of esters is 1. The van der Waals surface area contributed by atoms with E-state index in [2.05, 4.69) is 10.1 Å². The number of nitrogens with one attached hydrogen (secondary N) is 1. The highest BCUT2D eigenvalue weighted by atomic mass is 19.2. The molecule has 0 aliphatic rings. The van der Waals surface area contributed by atoms with Crippen molar-refractivity contribution in [3.8, 4) is 5.75 Å². The van der Waals surface area contributed by atoms with Gasteiger partial charge in [0.05, 0.1) is 0 Å². The van der Waals surface area contributed by atoms with Crippen molar-refractivity contribution >= 4 is 11.9 Å². The topological polar surface area (TPSA) is 55.4 Å². The SMILES string of the molecule is O=C(CF)NCCCCCC(=O)Oc1c(F)c(F)c(F)c(F)c1F. The number of hydrogen-bond donors (Lipinski definition) is 1. The van der Waals surface area contributed by atoms with Crippen LogP contribution < -0.4 is 10.1 Å². The summed E-state index contributed by atoms with van der Waals surface area (Å²) in [6, 6.07) is 0.